The zero-order valence-electron chi connectivity index (χ0n) is 24.9. The highest BCUT2D eigenvalue weighted by Crippen LogP contribution is 2.90. The molecule has 232 valence electrons. The molecule has 6 aliphatic rings. The minimum Gasteiger partial charge on any atom is -0.451 e. The second-order valence-electron chi connectivity index (χ2n) is 14.3. The Morgan fingerprint density at radius 2 is 1.72 bits per heavy atom. The van der Waals surface area contributed by atoms with E-state index in [0.29, 0.717) is 12.0 Å². The van der Waals surface area contributed by atoms with Crippen LogP contribution in [0.2, 0.25) is 0 Å². The summed E-state index contributed by atoms with van der Waals surface area (Å²) in [5, 5.41) is 67.8. The highest BCUT2D eigenvalue weighted by Gasteiger charge is 3.10. The second-order valence-corrected chi connectivity index (χ2v) is 14.3. The first-order valence-electron chi connectivity index (χ1n) is 15.0. The molecule has 1 aromatic carbocycles. The lowest BCUT2D eigenvalue weighted by atomic mass is 9.52. The lowest BCUT2D eigenvalue weighted by Crippen LogP contribution is -2.78. The molecule has 1 aromatic heterocycles. The number of aromatic amines is 1. The fraction of sp³-hybridized carbons (Fsp3) is 0.625. The third kappa shape index (κ3) is 2.54. The lowest BCUT2D eigenvalue weighted by molar-refractivity contribution is -0.381. The van der Waals surface area contributed by atoms with E-state index in [1.54, 1.807) is 57.2 Å². The van der Waals surface area contributed by atoms with Crippen molar-refractivity contribution < 1.29 is 44.6 Å². The smallest absolute Gasteiger partial charge is 0.355 e. The molecule has 1 spiro atoms. The zero-order valence-corrected chi connectivity index (χ0v) is 24.9. The van der Waals surface area contributed by atoms with Crippen molar-refractivity contribution in [2.24, 2.45) is 22.7 Å². The number of rotatable bonds is 5. The Hall–Kier alpha value is -2.80. The predicted molar refractivity (Wildman–Crippen MR) is 150 cm³/mol. The van der Waals surface area contributed by atoms with Crippen LogP contribution in [-0.2, 0) is 9.47 Å². The van der Waals surface area contributed by atoms with Gasteiger partial charge >= 0.3 is 5.97 Å². The van der Waals surface area contributed by atoms with Gasteiger partial charge in [-0.1, -0.05) is 45.9 Å². The summed E-state index contributed by atoms with van der Waals surface area (Å²) in [6.07, 6.45) is -0.208. The summed E-state index contributed by atoms with van der Waals surface area (Å²) in [7, 11) is 0. The maximum Gasteiger partial charge on any atom is 0.355 e. The SMILES string of the molecule is CC(C)[C@@]1(O)[C@@H](OC(=O)c2ccc[nH]2)[C@@]2(O)[C@@]3(C)C[C@]4(O)O[C@@]5([C@@H](NC(=O)c6ccccc6)[C@@H](C)CC[C@]35O)[C@@]2(O)[C@@]14C. The topological polar surface area (TPSA) is 182 Å². The first-order chi connectivity index (χ1) is 20.0. The van der Waals surface area contributed by atoms with Gasteiger partial charge in [-0.25, -0.2) is 4.79 Å². The monoisotopic (exact) mass is 596 g/mol. The van der Waals surface area contributed by atoms with E-state index in [2.05, 4.69) is 10.3 Å². The van der Waals surface area contributed by atoms with Crippen LogP contribution in [0.15, 0.2) is 48.7 Å². The van der Waals surface area contributed by atoms with Crippen molar-refractivity contribution >= 4 is 11.9 Å². The number of aliphatic hydroxyl groups is 5. The number of hydrogen-bond donors (Lipinski definition) is 7. The van der Waals surface area contributed by atoms with E-state index in [0.717, 1.165) is 0 Å². The van der Waals surface area contributed by atoms with Crippen LogP contribution in [0.25, 0.3) is 0 Å². The molecule has 0 unspecified atom stereocenters. The van der Waals surface area contributed by atoms with E-state index < -0.39 is 80.5 Å². The molecule has 11 nitrogen and oxygen atoms in total. The number of aromatic nitrogens is 1. The summed E-state index contributed by atoms with van der Waals surface area (Å²) in [4.78, 5) is 29.9. The number of esters is 1. The summed E-state index contributed by atoms with van der Waals surface area (Å²) in [5.41, 5.74) is -15.1. The summed E-state index contributed by atoms with van der Waals surface area (Å²) < 4.78 is 12.6. The van der Waals surface area contributed by atoms with Gasteiger partial charge in [-0.15, -0.1) is 0 Å². The molecule has 2 aromatic rings. The van der Waals surface area contributed by atoms with E-state index in [1.807, 2.05) is 6.92 Å². The first-order valence-corrected chi connectivity index (χ1v) is 15.0. The van der Waals surface area contributed by atoms with Crippen molar-refractivity contribution in [2.45, 2.75) is 99.8 Å². The fourth-order valence-corrected chi connectivity index (χ4v) is 10.7. The molecule has 11 heteroatoms. The molecule has 0 radical (unpaired) electrons. The third-order valence-electron chi connectivity index (χ3n) is 12.7. The molecule has 6 bridgehead atoms. The molecular weight excluding hydrogens is 556 g/mol. The van der Waals surface area contributed by atoms with Crippen LogP contribution in [0, 0.1) is 22.7 Å². The number of benzene rings is 1. The van der Waals surface area contributed by atoms with Crippen LogP contribution in [0.3, 0.4) is 0 Å². The molecule has 2 saturated heterocycles. The van der Waals surface area contributed by atoms with Crippen LogP contribution < -0.4 is 5.32 Å². The summed E-state index contributed by atoms with van der Waals surface area (Å²) in [6.45, 7) is 8.10. The van der Waals surface area contributed by atoms with Crippen LogP contribution in [0.4, 0.5) is 0 Å². The Morgan fingerprint density at radius 3 is 2.33 bits per heavy atom. The summed E-state index contributed by atoms with van der Waals surface area (Å²) >= 11 is 0. The van der Waals surface area contributed by atoms with Gasteiger partial charge in [0.15, 0.2) is 17.5 Å². The summed E-state index contributed by atoms with van der Waals surface area (Å²) in [5.74, 6) is -4.88. The van der Waals surface area contributed by atoms with Gasteiger partial charge in [0.1, 0.15) is 28.1 Å². The van der Waals surface area contributed by atoms with Crippen LogP contribution in [0.1, 0.15) is 74.7 Å². The van der Waals surface area contributed by atoms with Crippen molar-refractivity contribution in [2.75, 3.05) is 0 Å². The zero-order chi connectivity index (χ0) is 31.2. The normalized spacial score (nSPS) is 50.6. The number of ether oxygens (including phenoxy) is 2. The van der Waals surface area contributed by atoms with E-state index in [-0.39, 0.29) is 18.5 Å². The van der Waals surface area contributed by atoms with E-state index in [9.17, 15) is 35.1 Å². The molecule has 4 saturated carbocycles. The highest BCUT2D eigenvalue weighted by atomic mass is 16.7. The predicted octanol–water partition coefficient (Wildman–Crippen LogP) is 1.25. The third-order valence-corrected chi connectivity index (χ3v) is 12.7. The number of nitrogens with one attached hydrogen (secondary N) is 2. The molecule has 2 aliphatic heterocycles. The average molecular weight is 597 g/mol. The quantitative estimate of drug-likeness (QED) is 0.250. The summed E-state index contributed by atoms with van der Waals surface area (Å²) in [6, 6.07) is 10.4. The number of carbonyl (C=O) groups is 2. The molecule has 43 heavy (non-hydrogen) atoms. The number of H-pyrrole nitrogens is 1. The molecule has 1 amide bonds. The molecule has 3 heterocycles. The van der Waals surface area contributed by atoms with Crippen LogP contribution in [0.5, 0.6) is 0 Å². The Morgan fingerprint density at radius 1 is 1.05 bits per heavy atom. The lowest BCUT2D eigenvalue weighted by Gasteiger charge is -2.61. The van der Waals surface area contributed by atoms with Crippen molar-refractivity contribution in [3.63, 3.8) is 0 Å². The highest BCUT2D eigenvalue weighted by molar-refractivity contribution is 5.94. The molecule has 6 fully saturated rings. The van der Waals surface area contributed by atoms with Gasteiger partial charge in [0, 0.05) is 23.6 Å². The number of carbonyl (C=O) groups excluding carboxylic acids is 2. The number of amides is 1. The van der Waals surface area contributed by atoms with Crippen LogP contribution in [-0.4, -0.2) is 88.3 Å². The van der Waals surface area contributed by atoms with Gasteiger partial charge in [-0.3, -0.25) is 4.79 Å². The van der Waals surface area contributed by atoms with Gasteiger partial charge in [0.25, 0.3) is 5.91 Å². The van der Waals surface area contributed by atoms with Gasteiger partial charge < -0.3 is 45.3 Å². The molecule has 8 rings (SSSR count). The van der Waals surface area contributed by atoms with E-state index in [1.165, 1.54) is 19.2 Å². The Labute approximate surface area is 249 Å². The Balaban J connectivity index is 1.49. The Kier molecular flexibility index (Phi) is 5.43. The maximum atomic E-state index is 13.6. The molecule has 11 atom stereocenters. The van der Waals surface area contributed by atoms with Gasteiger partial charge in [0.05, 0.1) is 11.5 Å². The van der Waals surface area contributed by atoms with Gasteiger partial charge in [-0.05, 0) is 55.9 Å². The molecule has 4 aliphatic carbocycles. The Bertz CT molecular complexity index is 1520. The van der Waals surface area contributed by atoms with E-state index >= 15 is 0 Å². The van der Waals surface area contributed by atoms with E-state index in [4.69, 9.17) is 9.47 Å². The molecule has 7 N–H and O–H groups in total. The van der Waals surface area contributed by atoms with Crippen molar-refractivity contribution in [1.29, 1.82) is 0 Å². The number of hydrogen-bond acceptors (Lipinski definition) is 9. The first kappa shape index (κ1) is 28.9. The van der Waals surface area contributed by atoms with Gasteiger partial charge in [-0.2, -0.15) is 0 Å². The fourth-order valence-electron chi connectivity index (χ4n) is 10.7. The minimum absolute atomic E-state index is 0.0521. The second kappa shape index (κ2) is 8.07. The van der Waals surface area contributed by atoms with Crippen molar-refractivity contribution in [3.8, 4) is 0 Å². The van der Waals surface area contributed by atoms with Crippen LogP contribution >= 0.6 is 0 Å². The molecular formula is C32H40N2O9. The maximum absolute atomic E-state index is 13.6. The average Bonchev–Trinajstić information content (AvgIpc) is 3.59. The standard InChI is InChI=1S/C32H40N2O9/c1-17(2)29(39)24(42-23(36)20-12-9-15-33-20)30(40)25(4)16-28(38)26(29,5)32(30,41)31(43-28)21(18(3)13-14-27(25,31)37)34-22(35)19-10-7-6-8-11-19/h6-12,15,17-18,21,24,33,37-41H,13-14,16H2,1-5H3,(H,34,35)/t18-,21-,24+,25-,26+,27-,28-,29+,30+,31+,32+/m0/s1. The van der Waals surface area contributed by atoms with Crippen molar-refractivity contribution in [1.82, 2.24) is 10.3 Å². The van der Waals surface area contributed by atoms with Gasteiger partial charge in [0.2, 0.25) is 0 Å². The van der Waals surface area contributed by atoms with Crippen molar-refractivity contribution in [3.05, 3.63) is 59.9 Å². The minimum atomic E-state index is -2.62. The largest absolute Gasteiger partial charge is 0.451 e.